The van der Waals surface area contributed by atoms with Crippen LogP contribution in [-0.4, -0.2) is 55.8 Å². The molecule has 28 heavy (non-hydrogen) atoms. The maximum atomic E-state index is 12.8. The highest BCUT2D eigenvalue weighted by atomic mass is 32.2. The average molecular weight is 402 g/mol. The van der Waals surface area contributed by atoms with Crippen LogP contribution in [0, 0.1) is 0 Å². The van der Waals surface area contributed by atoms with Crippen LogP contribution in [0.3, 0.4) is 0 Å². The van der Waals surface area contributed by atoms with E-state index in [0.29, 0.717) is 31.1 Å². The van der Waals surface area contributed by atoms with Crippen molar-refractivity contribution in [2.45, 2.75) is 30.8 Å². The molecule has 1 N–H and O–H groups in total. The van der Waals surface area contributed by atoms with Crippen molar-refractivity contribution in [3.8, 4) is 0 Å². The van der Waals surface area contributed by atoms with E-state index in [2.05, 4.69) is 5.32 Å². The summed E-state index contributed by atoms with van der Waals surface area (Å²) in [6.07, 6.45) is 0. The quantitative estimate of drug-likeness (QED) is 0.806. The molecular formula is C21H27N3O3S. The fraction of sp³-hybridized carbons (Fsp3) is 0.381. The molecule has 0 radical (unpaired) electrons. The van der Waals surface area contributed by atoms with Crippen LogP contribution in [0.25, 0.3) is 0 Å². The Morgan fingerprint density at radius 1 is 0.893 bits per heavy atom. The zero-order valence-electron chi connectivity index (χ0n) is 16.3. The second-order valence-electron chi connectivity index (χ2n) is 7.06. The summed E-state index contributed by atoms with van der Waals surface area (Å²) < 4.78 is 26.9. The highest BCUT2D eigenvalue weighted by Crippen LogP contribution is 2.18. The first-order valence-corrected chi connectivity index (χ1v) is 11.0. The van der Waals surface area contributed by atoms with E-state index in [0.717, 1.165) is 5.56 Å². The lowest BCUT2D eigenvalue weighted by Crippen LogP contribution is -2.54. The number of rotatable bonds is 6. The molecule has 0 aromatic heterocycles. The third-order valence-electron chi connectivity index (χ3n) is 5.10. The van der Waals surface area contributed by atoms with Gasteiger partial charge >= 0.3 is 0 Å². The Bertz CT molecular complexity index is 880. The van der Waals surface area contributed by atoms with Gasteiger partial charge in [-0.15, -0.1) is 0 Å². The van der Waals surface area contributed by atoms with Gasteiger partial charge in [-0.25, -0.2) is 8.42 Å². The van der Waals surface area contributed by atoms with Crippen molar-refractivity contribution >= 4 is 15.9 Å². The van der Waals surface area contributed by atoms with E-state index in [-0.39, 0.29) is 18.0 Å². The maximum absolute atomic E-state index is 12.8. The molecule has 1 saturated heterocycles. The summed E-state index contributed by atoms with van der Waals surface area (Å²) in [7, 11) is -3.51. The summed E-state index contributed by atoms with van der Waals surface area (Å²) in [5.41, 5.74) is 1.13. The first-order valence-electron chi connectivity index (χ1n) is 9.54. The monoisotopic (exact) mass is 401 g/mol. The van der Waals surface area contributed by atoms with Gasteiger partial charge in [0, 0.05) is 32.2 Å². The number of nitrogens with zero attached hydrogens (tertiary/aromatic N) is 2. The molecule has 6 nitrogen and oxygen atoms in total. The van der Waals surface area contributed by atoms with Crippen molar-refractivity contribution in [3.05, 3.63) is 66.2 Å². The van der Waals surface area contributed by atoms with Gasteiger partial charge in [-0.1, -0.05) is 48.5 Å². The number of carbonyl (C=O) groups excluding carboxylic acids is 1. The van der Waals surface area contributed by atoms with E-state index in [4.69, 9.17) is 0 Å². The molecule has 1 amide bonds. The SMILES string of the molecule is C[C@H](N[C@@H](C)c1ccccc1)C(=O)N1CCN(S(=O)(=O)c2ccccc2)CC1. The van der Waals surface area contributed by atoms with E-state index in [9.17, 15) is 13.2 Å². The Morgan fingerprint density at radius 2 is 1.43 bits per heavy atom. The predicted octanol–water partition coefficient (Wildman–Crippen LogP) is 2.26. The maximum Gasteiger partial charge on any atom is 0.243 e. The number of sulfonamides is 1. The van der Waals surface area contributed by atoms with Crippen LogP contribution < -0.4 is 5.32 Å². The number of carbonyl (C=O) groups is 1. The van der Waals surface area contributed by atoms with Gasteiger partial charge < -0.3 is 4.90 Å². The smallest absolute Gasteiger partial charge is 0.243 e. The standard InChI is InChI=1S/C21H27N3O3S/c1-17(19-9-5-3-6-10-19)22-18(2)21(25)23-13-15-24(16-14-23)28(26,27)20-11-7-4-8-12-20/h3-12,17-18,22H,13-16H2,1-2H3/t17-,18-/m0/s1. The molecule has 2 aromatic rings. The Morgan fingerprint density at radius 3 is 2.00 bits per heavy atom. The van der Waals surface area contributed by atoms with Crippen molar-refractivity contribution in [1.29, 1.82) is 0 Å². The minimum atomic E-state index is -3.51. The van der Waals surface area contributed by atoms with E-state index in [1.54, 1.807) is 35.2 Å². The molecule has 3 rings (SSSR count). The van der Waals surface area contributed by atoms with Gasteiger partial charge in [0.1, 0.15) is 0 Å². The molecule has 2 atom stereocenters. The molecule has 1 fully saturated rings. The molecule has 0 bridgehead atoms. The van der Waals surface area contributed by atoms with Gasteiger partial charge in [0.25, 0.3) is 0 Å². The molecule has 0 saturated carbocycles. The zero-order valence-corrected chi connectivity index (χ0v) is 17.1. The van der Waals surface area contributed by atoms with E-state index in [1.807, 2.05) is 44.2 Å². The van der Waals surface area contributed by atoms with Gasteiger partial charge in [0.05, 0.1) is 10.9 Å². The number of amides is 1. The molecule has 1 aliphatic heterocycles. The lowest BCUT2D eigenvalue weighted by atomic mass is 10.1. The van der Waals surface area contributed by atoms with Crippen LogP contribution >= 0.6 is 0 Å². The first-order chi connectivity index (χ1) is 13.4. The van der Waals surface area contributed by atoms with Crippen molar-refractivity contribution in [3.63, 3.8) is 0 Å². The fourth-order valence-electron chi connectivity index (χ4n) is 3.45. The van der Waals surface area contributed by atoms with E-state index >= 15 is 0 Å². The van der Waals surface area contributed by atoms with Gasteiger partial charge in [0.15, 0.2) is 0 Å². The molecular weight excluding hydrogens is 374 g/mol. The third-order valence-corrected chi connectivity index (χ3v) is 7.01. The normalized spacial score (nSPS) is 17.9. The van der Waals surface area contributed by atoms with Crippen LogP contribution in [0.15, 0.2) is 65.6 Å². The molecule has 0 unspecified atom stereocenters. The largest absolute Gasteiger partial charge is 0.339 e. The Labute approximate surface area is 167 Å². The predicted molar refractivity (Wildman–Crippen MR) is 109 cm³/mol. The molecule has 1 aliphatic rings. The zero-order chi connectivity index (χ0) is 20.1. The minimum absolute atomic E-state index is 0.000426. The Hall–Kier alpha value is -2.22. The summed E-state index contributed by atoms with van der Waals surface area (Å²) in [5.74, 6) is -0.000426. The van der Waals surface area contributed by atoms with Crippen molar-refractivity contribution in [2.75, 3.05) is 26.2 Å². The van der Waals surface area contributed by atoms with E-state index in [1.165, 1.54) is 4.31 Å². The second kappa shape index (κ2) is 8.86. The highest BCUT2D eigenvalue weighted by molar-refractivity contribution is 7.89. The number of benzene rings is 2. The number of piperazine rings is 1. The molecule has 1 heterocycles. The van der Waals surface area contributed by atoms with Crippen molar-refractivity contribution in [2.24, 2.45) is 0 Å². The summed E-state index contributed by atoms with van der Waals surface area (Å²) in [6, 6.07) is 18.1. The van der Waals surface area contributed by atoms with Crippen LogP contribution in [0.5, 0.6) is 0 Å². The van der Waals surface area contributed by atoms with E-state index < -0.39 is 10.0 Å². The van der Waals surface area contributed by atoms with Crippen molar-refractivity contribution < 1.29 is 13.2 Å². The van der Waals surface area contributed by atoms with Gasteiger partial charge in [-0.05, 0) is 31.5 Å². The van der Waals surface area contributed by atoms with Crippen LogP contribution in [0.4, 0.5) is 0 Å². The van der Waals surface area contributed by atoms with Crippen LogP contribution in [0.1, 0.15) is 25.5 Å². The Kier molecular flexibility index (Phi) is 6.49. The molecule has 0 aliphatic carbocycles. The summed E-state index contributed by atoms with van der Waals surface area (Å²) in [5, 5.41) is 3.34. The van der Waals surface area contributed by atoms with Crippen LogP contribution in [0.2, 0.25) is 0 Å². The van der Waals surface area contributed by atoms with Crippen molar-refractivity contribution in [1.82, 2.24) is 14.5 Å². The van der Waals surface area contributed by atoms with Crippen LogP contribution in [-0.2, 0) is 14.8 Å². The minimum Gasteiger partial charge on any atom is -0.339 e. The Balaban J connectivity index is 1.56. The lowest BCUT2D eigenvalue weighted by Gasteiger charge is -2.35. The van der Waals surface area contributed by atoms with Gasteiger partial charge in [-0.3, -0.25) is 10.1 Å². The summed E-state index contributed by atoms with van der Waals surface area (Å²) >= 11 is 0. The lowest BCUT2D eigenvalue weighted by molar-refractivity contribution is -0.134. The second-order valence-corrected chi connectivity index (χ2v) is 9.00. The molecule has 150 valence electrons. The molecule has 2 aromatic carbocycles. The topological polar surface area (TPSA) is 69.7 Å². The average Bonchev–Trinajstić information content (AvgIpc) is 2.74. The molecule has 0 spiro atoms. The summed E-state index contributed by atoms with van der Waals surface area (Å²) in [6.45, 7) is 5.31. The number of nitrogens with one attached hydrogen (secondary N) is 1. The number of hydrogen-bond acceptors (Lipinski definition) is 4. The third kappa shape index (κ3) is 4.60. The number of hydrogen-bond donors (Lipinski definition) is 1. The summed E-state index contributed by atoms with van der Waals surface area (Å²) in [4.78, 5) is 14.8. The highest BCUT2D eigenvalue weighted by Gasteiger charge is 2.31. The van der Waals surface area contributed by atoms with Gasteiger partial charge in [0.2, 0.25) is 15.9 Å². The first kappa shape index (κ1) is 20.5. The fourth-order valence-corrected chi connectivity index (χ4v) is 4.89. The molecule has 7 heteroatoms. The van der Waals surface area contributed by atoms with Gasteiger partial charge in [-0.2, -0.15) is 4.31 Å².